The Kier molecular flexibility index (Phi) is 4.57. The average molecular weight is 278 g/mol. The van der Waals surface area contributed by atoms with Crippen LogP contribution in [-0.2, 0) is 17.8 Å². The largest absolute Gasteiger partial charge is 0.479 e. The number of carboxylic acid groups (broad SMARTS) is 1. The Morgan fingerprint density at radius 3 is 2.70 bits per heavy atom. The molecule has 1 aliphatic heterocycles. The summed E-state index contributed by atoms with van der Waals surface area (Å²) in [4.78, 5) is 24.1. The fraction of sp³-hybridized carbons (Fsp3) is 0.429. The van der Waals surface area contributed by atoms with Crippen LogP contribution in [0.15, 0.2) is 24.3 Å². The molecule has 0 bridgehead atoms. The van der Waals surface area contributed by atoms with Gasteiger partial charge in [-0.1, -0.05) is 24.3 Å². The molecule has 0 aromatic heterocycles. The maximum Gasteiger partial charge on any atom is 0.334 e. The number of carbonyl (C=O) groups excluding carboxylic acids is 1. The maximum atomic E-state index is 12.0. The van der Waals surface area contributed by atoms with Crippen LogP contribution in [0.4, 0.5) is 4.79 Å². The lowest BCUT2D eigenvalue weighted by molar-refractivity contribution is -0.146. The zero-order valence-corrected chi connectivity index (χ0v) is 11.1. The Balaban J connectivity index is 1.96. The summed E-state index contributed by atoms with van der Waals surface area (Å²) >= 11 is 0. The molecule has 0 aliphatic carbocycles. The summed E-state index contributed by atoms with van der Waals surface area (Å²) in [6.07, 6.45) is 0.224. The molecule has 6 heteroatoms. The van der Waals surface area contributed by atoms with Crippen molar-refractivity contribution in [2.75, 3.05) is 13.1 Å². The number of nitrogens with zero attached hydrogens (tertiary/aromatic N) is 1. The number of carboxylic acids is 1. The van der Waals surface area contributed by atoms with Crippen LogP contribution in [0.25, 0.3) is 0 Å². The van der Waals surface area contributed by atoms with Crippen molar-refractivity contribution in [2.24, 2.45) is 0 Å². The summed E-state index contributed by atoms with van der Waals surface area (Å²) in [5.74, 6) is -1.34. The molecule has 1 aromatic rings. The minimum atomic E-state index is -1.57. The minimum Gasteiger partial charge on any atom is -0.479 e. The van der Waals surface area contributed by atoms with Gasteiger partial charge >= 0.3 is 12.0 Å². The highest BCUT2D eigenvalue weighted by Gasteiger charge is 2.20. The van der Waals surface area contributed by atoms with Crippen LogP contribution in [-0.4, -0.2) is 46.3 Å². The van der Waals surface area contributed by atoms with Crippen LogP contribution >= 0.6 is 0 Å². The lowest BCUT2D eigenvalue weighted by atomic mass is 10.0. The van der Waals surface area contributed by atoms with Crippen molar-refractivity contribution in [3.05, 3.63) is 35.4 Å². The molecular weight excluding hydrogens is 260 g/mol. The van der Waals surface area contributed by atoms with E-state index in [2.05, 4.69) is 11.4 Å². The summed E-state index contributed by atoms with van der Waals surface area (Å²) in [7, 11) is 0. The fourth-order valence-corrected chi connectivity index (χ4v) is 2.26. The normalized spacial score (nSPS) is 15.9. The number of hydrogen-bond donors (Lipinski definition) is 3. The van der Waals surface area contributed by atoms with Gasteiger partial charge in [0.15, 0.2) is 6.10 Å². The molecule has 0 radical (unpaired) electrons. The number of benzene rings is 1. The number of rotatable bonds is 3. The topological polar surface area (TPSA) is 89.9 Å². The highest BCUT2D eigenvalue weighted by atomic mass is 16.4. The molecule has 2 amide bonds. The van der Waals surface area contributed by atoms with Crippen LogP contribution < -0.4 is 5.32 Å². The van der Waals surface area contributed by atoms with Crippen LogP contribution in [0, 0.1) is 0 Å². The zero-order chi connectivity index (χ0) is 14.5. The smallest absolute Gasteiger partial charge is 0.334 e. The molecule has 3 N–H and O–H groups in total. The number of nitrogens with one attached hydrogen (secondary N) is 1. The predicted molar refractivity (Wildman–Crippen MR) is 72.2 cm³/mol. The summed E-state index contributed by atoms with van der Waals surface area (Å²) in [5, 5.41) is 20.2. The predicted octanol–water partition coefficient (Wildman–Crippen LogP) is 0.590. The Labute approximate surface area is 117 Å². The van der Waals surface area contributed by atoms with E-state index < -0.39 is 12.1 Å². The molecule has 0 saturated heterocycles. The SMILES string of the molecule is O=C(O)C(O)CNC(=O)N1CCCc2ccccc2C1. The molecule has 0 spiro atoms. The van der Waals surface area contributed by atoms with Crippen molar-refractivity contribution in [2.45, 2.75) is 25.5 Å². The molecular formula is C14H18N2O4. The van der Waals surface area contributed by atoms with Crippen LogP contribution in [0.5, 0.6) is 0 Å². The molecule has 1 atom stereocenters. The molecule has 0 saturated carbocycles. The van der Waals surface area contributed by atoms with Gasteiger partial charge in [-0.3, -0.25) is 0 Å². The second-order valence-corrected chi connectivity index (χ2v) is 4.83. The Hall–Kier alpha value is -2.08. The zero-order valence-electron chi connectivity index (χ0n) is 11.1. The number of carbonyl (C=O) groups is 2. The van der Waals surface area contributed by atoms with E-state index in [0.29, 0.717) is 13.1 Å². The van der Waals surface area contributed by atoms with E-state index in [1.165, 1.54) is 5.56 Å². The van der Waals surface area contributed by atoms with E-state index in [4.69, 9.17) is 10.2 Å². The first-order valence-electron chi connectivity index (χ1n) is 6.58. The van der Waals surface area contributed by atoms with Gasteiger partial charge in [0.25, 0.3) is 0 Å². The van der Waals surface area contributed by atoms with Crippen molar-refractivity contribution in [3.8, 4) is 0 Å². The highest BCUT2D eigenvalue weighted by molar-refractivity contribution is 5.76. The minimum absolute atomic E-state index is 0.285. The van der Waals surface area contributed by atoms with Gasteiger partial charge in [0.1, 0.15) is 0 Å². The Morgan fingerprint density at radius 2 is 2.00 bits per heavy atom. The molecule has 108 valence electrons. The van der Waals surface area contributed by atoms with E-state index in [-0.39, 0.29) is 12.6 Å². The number of aliphatic hydroxyl groups is 1. The number of urea groups is 1. The van der Waals surface area contributed by atoms with E-state index in [1.54, 1.807) is 4.90 Å². The monoisotopic (exact) mass is 278 g/mol. The van der Waals surface area contributed by atoms with E-state index in [9.17, 15) is 9.59 Å². The summed E-state index contributed by atoms with van der Waals surface area (Å²) in [6.45, 7) is 0.834. The highest BCUT2D eigenvalue weighted by Crippen LogP contribution is 2.18. The van der Waals surface area contributed by atoms with Gasteiger partial charge < -0.3 is 20.4 Å². The molecule has 0 fully saturated rings. The van der Waals surface area contributed by atoms with E-state index in [1.807, 2.05) is 18.2 Å². The molecule has 1 unspecified atom stereocenters. The molecule has 2 rings (SSSR count). The van der Waals surface area contributed by atoms with Crippen molar-refractivity contribution < 1.29 is 19.8 Å². The maximum absolute atomic E-state index is 12.0. The van der Waals surface area contributed by atoms with Crippen LogP contribution in [0.2, 0.25) is 0 Å². The third-order valence-corrected chi connectivity index (χ3v) is 3.37. The van der Waals surface area contributed by atoms with Crippen LogP contribution in [0.3, 0.4) is 0 Å². The molecule has 1 aliphatic rings. The molecule has 1 heterocycles. The molecule has 6 nitrogen and oxygen atoms in total. The number of aliphatic hydroxyl groups excluding tert-OH is 1. The Morgan fingerprint density at radius 1 is 1.30 bits per heavy atom. The quantitative estimate of drug-likeness (QED) is 0.755. The standard InChI is InChI=1S/C14H18N2O4/c17-12(13(18)19)8-15-14(20)16-7-3-6-10-4-1-2-5-11(10)9-16/h1-2,4-5,12,17H,3,6-9H2,(H,15,20)(H,18,19). The number of hydrogen-bond acceptors (Lipinski definition) is 3. The van der Waals surface area contributed by atoms with Gasteiger partial charge in [-0.15, -0.1) is 0 Å². The lowest BCUT2D eigenvalue weighted by Gasteiger charge is -2.21. The fourth-order valence-electron chi connectivity index (χ4n) is 2.26. The Bertz CT molecular complexity index is 504. The van der Waals surface area contributed by atoms with Gasteiger partial charge in [-0.05, 0) is 24.0 Å². The van der Waals surface area contributed by atoms with Crippen LogP contribution in [0.1, 0.15) is 17.5 Å². The number of fused-ring (bicyclic) bond motifs is 1. The second-order valence-electron chi connectivity index (χ2n) is 4.83. The van der Waals surface area contributed by atoms with Gasteiger partial charge in [0, 0.05) is 13.1 Å². The molecule has 20 heavy (non-hydrogen) atoms. The van der Waals surface area contributed by atoms with Gasteiger partial charge in [0.2, 0.25) is 0 Å². The molecule has 1 aromatic carbocycles. The van der Waals surface area contributed by atoms with E-state index in [0.717, 1.165) is 18.4 Å². The third-order valence-electron chi connectivity index (χ3n) is 3.37. The lowest BCUT2D eigenvalue weighted by Crippen LogP contribution is -2.44. The van der Waals surface area contributed by atoms with Crippen molar-refractivity contribution in [1.29, 1.82) is 0 Å². The van der Waals surface area contributed by atoms with Crippen molar-refractivity contribution in [3.63, 3.8) is 0 Å². The number of amides is 2. The summed E-state index contributed by atoms with van der Waals surface area (Å²) in [6, 6.07) is 7.63. The number of aryl methyl sites for hydroxylation is 1. The average Bonchev–Trinajstić information content (AvgIpc) is 2.66. The first kappa shape index (κ1) is 14.3. The third kappa shape index (κ3) is 3.48. The second kappa shape index (κ2) is 6.38. The van der Waals surface area contributed by atoms with Gasteiger partial charge in [-0.25, -0.2) is 9.59 Å². The summed E-state index contributed by atoms with van der Waals surface area (Å²) < 4.78 is 0. The van der Waals surface area contributed by atoms with E-state index >= 15 is 0 Å². The van der Waals surface area contributed by atoms with Crippen molar-refractivity contribution >= 4 is 12.0 Å². The van der Waals surface area contributed by atoms with Crippen molar-refractivity contribution in [1.82, 2.24) is 10.2 Å². The van der Waals surface area contributed by atoms with Gasteiger partial charge in [0.05, 0.1) is 6.54 Å². The first-order valence-corrected chi connectivity index (χ1v) is 6.58. The first-order chi connectivity index (χ1) is 9.58. The summed E-state index contributed by atoms with van der Waals surface area (Å²) in [5.41, 5.74) is 2.35. The van der Waals surface area contributed by atoms with Gasteiger partial charge in [-0.2, -0.15) is 0 Å². The number of aliphatic carboxylic acids is 1.